The van der Waals surface area contributed by atoms with Gasteiger partial charge in [-0.25, -0.2) is 0 Å². The van der Waals surface area contributed by atoms with E-state index in [-0.39, 0.29) is 4.90 Å². The van der Waals surface area contributed by atoms with Gasteiger partial charge in [-0.05, 0) is 36.8 Å². The summed E-state index contributed by atoms with van der Waals surface area (Å²) in [5.41, 5.74) is 0.532. The van der Waals surface area contributed by atoms with Gasteiger partial charge in [0.1, 0.15) is 4.90 Å². The van der Waals surface area contributed by atoms with E-state index in [0.717, 1.165) is 24.7 Å². The molecule has 2 N–H and O–H groups in total. The number of para-hydroxylation sites is 1. The number of hydrogen-bond donors (Lipinski definition) is 2. The van der Waals surface area contributed by atoms with Gasteiger partial charge in [0.05, 0.1) is 5.69 Å². The van der Waals surface area contributed by atoms with E-state index in [1.807, 2.05) is 0 Å². The molecule has 0 bridgehead atoms. The van der Waals surface area contributed by atoms with Crippen molar-refractivity contribution in [3.8, 4) is 0 Å². The van der Waals surface area contributed by atoms with Crippen LogP contribution in [0.15, 0.2) is 29.2 Å². The Morgan fingerprint density at radius 3 is 2.35 bits per heavy atom. The highest BCUT2D eigenvalue weighted by atomic mass is 32.2. The molecule has 23 heavy (non-hydrogen) atoms. The van der Waals surface area contributed by atoms with Crippen LogP contribution in [0, 0.1) is 11.8 Å². The highest BCUT2D eigenvalue weighted by Crippen LogP contribution is 2.39. The van der Waals surface area contributed by atoms with Crippen LogP contribution in [0.2, 0.25) is 0 Å². The minimum Gasteiger partial charge on any atom is -0.381 e. The van der Waals surface area contributed by atoms with Crippen LogP contribution in [0.5, 0.6) is 0 Å². The highest BCUT2D eigenvalue weighted by Gasteiger charge is 2.30. The first-order valence-corrected chi connectivity index (χ1v) is 10.3. The molecule has 1 aromatic rings. The molecule has 0 spiro atoms. The SMILES string of the molecule is O=S(=O)(O)c1ccccc1NC1CCCC(C2CCCCC2)C1. The molecule has 2 aliphatic carbocycles. The molecule has 3 rings (SSSR count). The first-order valence-electron chi connectivity index (χ1n) is 8.87. The number of rotatable bonds is 4. The third-order valence-electron chi connectivity index (χ3n) is 5.56. The highest BCUT2D eigenvalue weighted by molar-refractivity contribution is 7.86. The van der Waals surface area contributed by atoms with Crippen molar-refractivity contribution in [1.82, 2.24) is 0 Å². The third-order valence-corrected chi connectivity index (χ3v) is 6.47. The minimum absolute atomic E-state index is 0.0141. The van der Waals surface area contributed by atoms with Crippen LogP contribution in [-0.2, 0) is 10.1 Å². The molecule has 0 heterocycles. The predicted octanol–water partition coefficient (Wildman–Crippen LogP) is 4.48. The Balaban J connectivity index is 1.68. The van der Waals surface area contributed by atoms with Crippen LogP contribution in [0.1, 0.15) is 57.8 Å². The zero-order valence-electron chi connectivity index (χ0n) is 13.6. The monoisotopic (exact) mass is 337 g/mol. The van der Waals surface area contributed by atoms with E-state index in [4.69, 9.17) is 0 Å². The maximum absolute atomic E-state index is 11.5. The second-order valence-electron chi connectivity index (χ2n) is 7.14. The number of anilines is 1. The average Bonchev–Trinajstić information content (AvgIpc) is 2.55. The molecular formula is C18H27NO3S. The smallest absolute Gasteiger partial charge is 0.296 e. The summed E-state index contributed by atoms with van der Waals surface area (Å²) in [6.45, 7) is 0. The Labute approximate surface area is 139 Å². The Morgan fingerprint density at radius 2 is 1.61 bits per heavy atom. The summed E-state index contributed by atoms with van der Waals surface area (Å²) >= 11 is 0. The molecule has 2 fully saturated rings. The van der Waals surface area contributed by atoms with Crippen molar-refractivity contribution in [3.63, 3.8) is 0 Å². The zero-order valence-corrected chi connectivity index (χ0v) is 14.4. The quantitative estimate of drug-likeness (QED) is 0.795. The van der Waals surface area contributed by atoms with Gasteiger partial charge in [0.25, 0.3) is 10.1 Å². The minimum atomic E-state index is -4.18. The number of nitrogens with one attached hydrogen (secondary N) is 1. The van der Waals surface area contributed by atoms with Crippen LogP contribution in [0.25, 0.3) is 0 Å². The Kier molecular flexibility index (Phi) is 5.27. The van der Waals surface area contributed by atoms with E-state index in [9.17, 15) is 13.0 Å². The summed E-state index contributed by atoms with van der Waals surface area (Å²) in [6.07, 6.45) is 11.5. The average molecular weight is 337 g/mol. The molecule has 2 unspecified atom stereocenters. The van der Waals surface area contributed by atoms with Crippen molar-refractivity contribution in [3.05, 3.63) is 24.3 Å². The lowest BCUT2D eigenvalue weighted by Gasteiger charge is -2.37. The summed E-state index contributed by atoms with van der Waals surface area (Å²) in [4.78, 5) is -0.0141. The van der Waals surface area contributed by atoms with Crippen molar-refractivity contribution in [2.24, 2.45) is 11.8 Å². The topological polar surface area (TPSA) is 66.4 Å². The van der Waals surface area contributed by atoms with Crippen LogP contribution in [-0.4, -0.2) is 19.0 Å². The molecule has 2 aliphatic rings. The molecule has 0 aromatic heterocycles. The first kappa shape index (κ1) is 16.8. The van der Waals surface area contributed by atoms with Gasteiger partial charge in [0, 0.05) is 6.04 Å². The molecule has 2 atom stereocenters. The maximum atomic E-state index is 11.5. The van der Waals surface area contributed by atoms with Crippen LogP contribution < -0.4 is 5.32 Å². The van der Waals surface area contributed by atoms with E-state index in [2.05, 4.69) is 5.32 Å². The fourth-order valence-electron chi connectivity index (χ4n) is 4.42. The zero-order chi connectivity index (χ0) is 16.3. The van der Waals surface area contributed by atoms with Crippen molar-refractivity contribution >= 4 is 15.8 Å². The molecule has 0 radical (unpaired) electrons. The normalized spacial score (nSPS) is 26.8. The first-order chi connectivity index (χ1) is 11.0. The fraction of sp³-hybridized carbons (Fsp3) is 0.667. The summed E-state index contributed by atoms with van der Waals surface area (Å²) in [6, 6.07) is 6.95. The van der Waals surface area contributed by atoms with Crippen molar-refractivity contribution in [2.75, 3.05) is 5.32 Å². The van der Waals surface area contributed by atoms with Gasteiger partial charge in [-0.1, -0.05) is 57.1 Å². The fourth-order valence-corrected chi connectivity index (χ4v) is 5.08. The lowest BCUT2D eigenvalue weighted by atomic mass is 9.72. The van der Waals surface area contributed by atoms with Crippen molar-refractivity contribution in [2.45, 2.75) is 68.7 Å². The molecule has 5 heteroatoms. The maximum Gasteiger partial charge on any atom is 0.296 e. The van der Waals surface area contributed by atoms with E-state index in [0.29, 0.717) is 11.7 Å². The predicted molar refractivity (Wildman–Crippen MR) is 92.2 cm³/mol. The molecule has 0 saturated heterocycles. The lowest BCUT2D eigenvalue weighted by molar-refractivity contribution is 0.188. The Hall–Kier alpha value is -1.07. The Morgan fingerprint density at radius 1 is 0.913 bits per heavy atom. The summed E-state index contributed by atoms with van der Waals surface area (Å²) < 4.78 is 32.4. The molecule has 2 saturated carbocycles. The molecule has 4 nitrogen and oxygen atoms in total. The second kappa shape index (κ2) is 7.22. The lowest BCUT2D eigenvalue weighted by Crippen LogP contribution is -2.32. The van der Waals surface area contributed by atoms with Gasteiger partial charge in [0.15, 0.2) is 0 Å². The van der Waals surface area contributed by atoms with E-state index in [1.165, 1.54) is 51.0 Å². The second-order valence-corrected chi connectivity index (χ2v) is 8.53. The largest absolute Gasteiger partial charge is 0.381 e. The van der Waals surface area contributed by atoms with E-state index >= 15 is 0 Å². The Bertz CT molecular complexity index is 623. The van der Waals surface area contributed by atoms with Crippen LogP contribution in [0.3, 0.4) is 0 Å². The standard InChI is InChI=1S/C18H27NO3S/c20-23(21,22)18-12-5-4-11-17(18)19-16-10-6-9-15(13-16)14-7-2-1-3-8-14/h4-5,11-12,14-16,19H,1-3,6-10,13H2,(H,20,21,22). The van der Waals surface area contributed by atoms with Gasteiger partial charge in [-0.3, -0.25) is 4.55 Å². The van der Waals surface area contributed by atoms with Crippen molar-refractivity contribution in [1.29, 1.82) is 0 Å². The third kappa shape index (κ3) is 4.27. The molecule has 1 aromatic carbocycles. The molecule has 128 valence electrons. The van der Waals surface area contributed by atoms with Crippen LogP contribution in [0.4, 0.5) is 5.69 Å². The summed E-state index contributed by atoms with van der Waals surface area (Å²) in [5, 5.41) is 3.39. The van der Waals surface area contributed by atoms with Crippen LogP contribution >= 0.6 is 0 Å². The molecular weight excluding hydrogens is 310 g/mol. The van der Waals surface area contributed by atoms with Gasteiger partial charge >= 0.3 is 0 Å². The molecule has 0 amide bonds. The summed E-state index contributed by atoms with van der Waals surface area (Å²) in [5.74, 6) is 1.62. The van der Waals surface area contributed by atoms with Gasteiger partial charge in [-0.15, -0.1) is 0 Å². The number of benzene rings is 1. The van der Waals surface area contributed by atoms with E-state index in [1.54, 1.807) is 18.2 Å². The van der Waals surface area contributed by atoms with Crippen molar-refractivity contribution < 1.29 is 13.0 Å². The summed E-state index contributed by atoms with van der Waals surface area (Å²) in [7, 11) is -4.18. The van der Waals surface area contributed by atoms with Gasteiger partial charge in [0.2, 0.25) is 0 Å². The van der Waals surface area contributed by atoms with E-state index < -0.39 is 10.1 Å². The number of hydrogen-bond acceptors (Lipinski definition) is 3. The van der Waals surface area contributed by atoms with Gasteiger partial charge < -0.3 is 5.32 Å². The van der Waals surface area contributed by atoms with Gasteiger partial charge in [-0.2, -0.15) is 8.42 Å². The molecule has 0 aliphatic heterocycles.